The van der Waals surface area contributed by atoms with Crippen molar-refractivity contribution in [2.45, 2.75) is 13.0 Å². The van der Waals surface area contributed by atoms with E-state index in [0.717, 1.165) is 0 Å². The first kappa shape index (κ1) is 17.6. The van der Waals surface area contributed by atoms with E-state index >= 15 is 0 Å². The minimum atomic E-state index is -0.796. The zero-order chi connectivity index (χ0) is 18.8. The number of hydrogen-bond donors (Lipinski definition) is 2. The molecule has 0 saturated heterocycles. The number of nitrogens with zero attached hydrogens (tertiary/aromatic N) is 2. The molecule has 7 nitrogen and oxygen atoms in total. The SMILES string of the molecule is CC(=O)N[C@H](c1ccc(Cl)cc1)c1cc([N+](=O)[O-])c2cccnc2c1O. The molecule has 1 heterocycles. The van der Waals surface area contributed by atoms with Crippen LogP contribution in [0, 0.1) is 10.1 Å². The zero-order valence-corrected chi connectivity index (χ0v) is 14.4. The molecule has 0 bridgehead atoms. The molecule has 0 fully saturated rings. The lowest BCUT2D eigenvalue weighted by atomic mass is 9.95. The van der Waals surface area contributed by atoms with E-state index in [0.29, 0.717) is 10.6 Å². The van der Waals surface area contributed by atoms with E-state index in [9.17, 15) is 20.0 Å². The summed E-state index contributed by atoms with van der Waals surface area (Å²) in [5.74, 6) is -0.576. The molecule has 3 aromatic rings. The highest BCUT2D eigenvalue weighted by atomic mass is 35.5. The quantitative estimate of drug-likeness (QED) is 0.537. The number of carbonyl (C=O) groups excluding carboxylic acids is 1. The second-order valence-electron chi connectivity index (χ2n) is 5.68. The largest absolute Gasteiger partial charge is 0.505 e. The standard InChI is InChI=1S/C18H14ClN3O4/c1-10(23)21-16(11-4-6-12(19)7-5-11)14-9-15(22(25)26)13-3-2-8-20-17(13)18(14)24/h2-9,16,24H,1H3,(H,21,23)/t16-/m1/s1. The zero-order valence-electron chi connectivity index (χ0n) is 13.6. The van der Waals surface area contributed by atoms with E-state index in [2.05, 4.69) is 10.3 Å². The lowest BCUT2D eigenvalue weighted by Gasteiger charge is -2.20. The molecular weight excluding hydrogens is 358 g/mol. The van der Waals surface area contributed by atoms with Crippen LogP contribution in [0.2, 0.25) is 5.02 Å². The summed E-state index contributed by atoms with van der Waals surface area (Å²) in [4.78, 5) is 26.7. The maximum absolute atomic E-state index is 11.7. The number of aromatic hydroxyl groups is 1. The number of nitro benzene ring substituents is 1. The Labute approximate surface area is 153 Å². The maximum Gasteiger partial charge on any atom is 0.279 e. The van der Waals surface area contributed by atoms with Gasteiger partial charge in [0.2, 0.25) is 5.91 Å². The number of pyridine rings is 1. The fourth-order valence-electron chi connectivity index (χ4n) is 2.80. The Kier molecular flexibility index (Phi) is 4.73. The Morgan fingerprint density at radius 1 is 1.31 bits per heavy atom. The highest BCUT2D eigenvalue weighted by Gasteiger charge is 2.26. The number of hydrogen-bond acceptors (Lipinski definition) is 5. The number of phenols is 1. The van der Waals surface area contributed by atoms with E-state index in [-0.39, 0.29) is 33.8 Å². The number of fused-ring (bicyclic) bond motifs is 1. The second kappa shape index (κ2) is 6.97. The van der Waals surface area contributed by atoms with Crippen LogP contribution in [-0.4, -0.2) is 20.9 Å². The van der Waals surface area contributed by atoms with Crippen molar-refractivity contribution in [2.24, 2.45) is 0 Å². The van der Waals surface area contributed by atoms with Gasteiger partial charge in [0, 0.05) is 29.8 Å². The van der Waals surface area contributed by atoms with Crippen LogP contribution in [0.25, 0.3) is 10.9 Å². The lowest BCUT2D eigenvalue weighted by Crippen LogP contribution is -2.27. The van der Waals surface area contributed by atoms with E-state index in [4.69, 9.17) is 11.6 Å². The van der Waals surface area contributed by atoms with E-state index in [1.54, 1.807) is 30.3 Å². The van der Waals surface area contributed by atoms with Gasteiger partial charge in [-0.25, -0.2) is 0 Å². The monoisotopic (exact) mass is 371 g/mol. The lowest BCUT2D eigenvalue weighted by molar-refractivity contribution is -0.383. The summed E-state index contributed by atoms with van der Waals surface area (Å²) in [7, 11) is 0. The number of nitrogens with one attached hydrogen (secondary N) is 1. The average molecular weight is 372 g/mol. The van der Waals surface area contributed by atoms with Crippen molar-refractivity contribution in [3.63, 3.8) is 0 Å². The van der Waals surface area contributed by atoms with E-state index < -0.39 is 11.0 Å². The summed E-state index contributed by atoms with van der Waals surface area (Å²) < 4.78 is 0. The Hall–Kier alpha value is -3.19. The number of non-ortho nitro benzene ring substituents is 1. The molecule has 1 amide bonds. The van der Waals surface area contributed by atoms with Gasteiger partial charge in [-0.15, -0.1) is 0 Å². The summed E-state index contributed by atoms with van der Waals surface area (Å²) in [6, 6.07) is 10.2. The van der Waals surface area contributed by atoms with Crippen LogP contribution >= 0.6 is 11.6 Å². The minimum absolute atomic E-state index is 0.0982. The van der Waals surface area contributed by atoms with Crippen molar-refractivity contribution in [1.29, 1.82) is 0 Å². The highest BCUT2D eigenvalue weighted by Crippen LogP contribution is 2.39. The molecule has 0 radical (unpaired) electrons. The summed E-state index contributed by atoms with van der Waals surface area (Å²) in [6.45, 7) is 1.33. The molecule has 8 heteroatoms. The Balaban J connectivity index is 2.28. The maximum atomic E-state index is 11.7. The summed E-state index contributed by atoms with van der Waals surface area (Å²) in [6.07, 6.45) is 1.44. The fourth-order valence-corrected chi connectivity index (χ4v) is 2.93. The van der Waals surface area contributed by atoms with Crippen LogP contribution in [0.1, 0.15) is 24.1 Å². The third kappa shape index (κ3) is 3.29. The summed E-state index contributed by atoms with van der Waals surface area (Å²) in [5.41, 5.74) is 0.691. The Morgan fingerprint density at radius 3 is 2.62 bits per heavy atom. The Bertz CT molecular complexity index is 1010. The molecule has 0 aliphatic heterocycles. The number of aromatic nitrogens is 1. The molecule has 0 aliphatic rings. The third-order valence-electron chi connectivity index (χ3n) is 3.93. The van der Waals surface area contributed by atoms with E-state index in [1.807, 2.05) is 0 Å². The molecule has 0 aliphatic carbocycles. The number of phenolic OH excluding ortho intramolecular Hbond substituents is 1. The first-order valence-corrected chi connectivity index (χ1v) is 8.04. The number of halogens is 1. The predicted molar refractivity (Wildman–Crippen MR) is 97.2 cm³/mol. The number of amides is 1. The van der Waals surface area contributed by atoms with Crippen molar-refractivity contribution in [3.05, 3.63) is 74.9 Å². The Morgan fingerprint density at radius 2 is 2.00 bits per heavy atom. The molecule has 2 aromatic carbocycles. The first-order chi connectivity index (χ1) is 12.4. The molecule has 2 N–H and O–H groups in total. The summed E-state index contributed by atoms with van der Waals surface area (Å²) >= 11 is 5.91. The van der Waals surface area contributed by atoms with Gasteiger partial charge in [0.05, 0.1) is 16.4 Å². The van der Waals surface area contributed by atoms with Crippen LogP contribution in [-0.2, 0) is 4.79 Å². The second-order valence-corrected chi connectivity index (χ2v) is 6.11. The third-order valence-corrected chi connectivity index (χ3v) is 4.18. The van der Waals surface area contributed by atoms with Crippen molar-refractivity contribution >= 4 is 34.1 Å². The van der Waals surface area contributed by atoms with Gasteiger partial charge in [0.25, 0.3) is 5.69 Å². The number of benzene rings is 2. The molecule has 26 heavy (non-hydrogen) atoms. The van der Waals surface area contributed by atoms with Gasteiger partial charge in [0.1, 0.15) is 11.3 Å². The van der Waals surface area contributed by atoms with Crippen molar-refractivity contribution in [1.82, 2.24) is 10.3 Å². The van der Waals surface area contributed by atoms with Crippen molar-refractivity contribution in [3.8, 4) is 5.75 Å². The fraction of sp³-hybridized carbons (Fsp3) is 0.111. The molecule has 0 spiro atoms. The van der Waals surface area contributed by atoms with Crippen LogP contribution in [0.5, 0.6) is 5.75 Å². The molecule has 0 saturated carbocycles. The van der Waals surface area contributed by atoms with Crippen molar-refractivity contribution in [2.75, 3.05) is 0 Å². The van der Waals surface area contributed by atoms with Crippen LogP contribution in [0.4, 0.5) is 5.69 Å². The van der Waals surface area contributed by atoms with Crippen LogP contribution in [0.15, 0.2) is 48.7 Å². The average Bonchev–Trinajstić information content (AvgIpc) is 2.61. The number of carbonyl (C=O) groups is 1. The molecule has 0 unspecified atom stereocenters. The highest BCUT2D eigenvalue weighted by molar-refractivity contribution is 6.30. The predicted octanol–water partition coefficient (Wildman–Crippen LogP) is 3.73. The van der Waals surface area contributed by atoms with Gasteiger partial charge in [-0.05, 0) is 29.8 Å². The summed E-state index contributed by atoms with van der Waals surface area (Å²) in [5, 5.41) is 25.6. The molecule has 1 atom stereocenters. The molecular formula is C18H14ClN3O4. The van der Waals surface area contributed by atoms with Crippen LogP contribution in [0.3, 0.4) is 0 Å². The number of nitro groups is 1. The van der Waals surface area contributed by atoms with Crippen molar-refractivity contribution < 1.29 is 14.8 Å². The van der Waals surface area contributed by atoms with Gasteiger partial charge < -0.3 is 10.4 Å². The van der Waals surface area contributed by atoms with Gasteiger partial charge >= 0.3 is 0 Å². The van der Waals surface area contributed by atoms with Gasteiger partial charge in [-0.3, -0.25) is 19.9 Å². The smallest absolute Gasteiger partial charge is 0.279 e. The van der Waals surface area contributed by atoms with Gasteiger partial charge in [-0.1, -0.05) is 23.7 Å². The van der Waals surface area contributed by atoms with Gasteiger partial charge in [-0.2, -0.15) is 0 Å². The van der Waals surface area contributed by atoms with E-state index in [1.165, 1.54) is 25.3 Å². The first-order valence-electron chi connectivity index (χ1n) is 7.66. The molecule has 1 aromatic heterocycles. The van der Waals surface area contributed by atoms with Crippen LogP contribution < -0.4 is 5.32 Å². The molecule has 132 valence electrons. The topological polar surface area (TPSA) is 105 Å². The molecule has 3 rings (SSSR count). The van der Waals surface area contributed by atoms with Gasteiger partial charge in [0.15, 0.2) is 0 Å². The minimum Gasteiger partial charge on any atom is -0.505 e. The number of rotatable bonds is 4. The normalized spacial score (nSPS) is 11.9.